The SMILES string of the molecule is CC(C)Cc1cc(C(=O)N2CCc3nc(-c4ccccc4)nn3CC2)no1. The van der Waals surface area contributed by atoms with Gasteiger partial charge in [-0.15, -0.1) is 0 Å². The summed E-state index contributed by atoms with van der Waals surface area (Å²) in [6.07, 6.45) is 1.45. The van der Waals surface area contributed by atoms with E-state index in [1.807, 2.05) is 35.0 Å². The lowest BCUT2D eigenvalue weighted by Gasteiger charge is -2.18. The van der Waals surface area contributed by atoms with Crippen LogP contribution in [0.25, 0.3) is 11.4 Å². The first-order valence-electron chi connectivity index (χ1n) is 9.34. The molecule has 1 aliphatic heterocycles. The monoisotopic (exact) mass is 365 g/mol. The van der Waals surface area contributed by atoms with E-state index in [4.69, 9.17) is 4.52 Å². The average Bonchev–Trinajstić information content (AvgIpc) is 3.24. The van der Waals surface area contributed by atoms with Crippen molar-refractivity contribution in [1.82, 2.24) is 24.8 Å². The van der Waals surface area contributed by atoms with Crippen molar-refractivity contribution in [2.75, 3.05) is 13.1 Å². The van der Waals surface area contributed by atoms with Gasteiger partial charge in [-0.25, -0.2) is 9.67 Å². The Balaban J connectivity index is 1.45. The molecule has 7 heteroatoms. The van der Waals surface area contributed by atoms with Gasteiger partial charge in [0.2, 0.25) is 0 Å². The van der Waals surface area contributed by atoms with Gasteiger partial charge in [-0.05, 0) is 5.92 Å². The number of amides is 1. The Kier molecular flexibility index (Phi) is 4.75. The molecule has 1 aliphatic rings. The van der Waals surface area contributed by atoms with Crippen molar-refractivity contribution in [3.8, 4) is 11.4 Å². The Bertz CT molecular complexity index is 904. The van der Waals surface area contributed by atoms with Crippen molar-refractivity contribution >= 4 is 5.91 Å². The van der Waals surface area contributed by atoms with E-state index in [1.54, 1.807) is 11.0 Å². The molecule has 0 saturated carbocycles. The fourth-order valence-electron chi connectivity index (χ4n) is 3.29. The summed E-state index contributed by atoms with van der Waals surface area (Å²) in [5.74, 6) is 2.76. The second-order valence-electron chi connectivity index (χ2n) is 7.26. The van der Waals surface area contributed by atoms with Gasteiger partial charge >= 0.3 is 0 Å². The highest BCUT2D eigenvalue weighted by atomic mass is 16.5. The van der Waals surface area contributed by atoms with E-state index in [9.17, 15) is 4.79 Å². The van der Waals surface area contributed by atoms with Gasteiger partial charge in [0.15, 0.2) is 11.5 Å². The summed E-state index contributed by atoms with van der Waals surface area (Å²) < 4.78 is 7.21. The lowest BCUT2D eigenvalue weighted by molar-refractivity contribution is 0.0747. The van der Waals surface area contributed by atoms with Crippen LogP contribution in [0.15, 0.2) is 40.9 Å². The number of carbonyl (C=O) groups excluding carboxylic acids is 1. The minimum Gasteiger partial charge on any atom is -0.361 e. The van der Waals surface area contributed by atoms with Gasteiger partial charge in [-0.3, -0.25) is 4.79 Å². The van der Waals surface area contributed by atoms with Crippen molar-refractivity contribution in [1.29, 1.82) is 0 Å². The van der Waals surface area contributed by atoms with Crippen LogP contribution in [0.3, 0.4) is 0 Å². The maximum absolute atomic E-state index is 12.8. The van der Waals surface area contributed by atoms with Gasteiger partial charge in [0.05, 0.1) is 6.54 Å². The van der Waals surface area contributed by atoms with Crippen molar-refractivity contribution in [3.63, 3.8) is 0 Å². The lowest BCUT2D eigenvalue weighted by Crippen LogP contribution is -2.34. The van der Waals surface area contributed by atoms with E-state index in [1.165, 1.54) is 0 Å². The molecular formula is C20H23N5O2. The third-order valence-electron chi connectivity index (χ3n) is 4.64. The molecule has 0 saturated heterocycles. The fraction of sp³-hybridized carbons (Fsp3) is 0.400. The first-order chi connectivity index (χ1) is 13.1. The van der Waals surface area contributed by atoms with Gasteiger partial charge < -0.3 is 9.42 Å². The van der Waals surface area contributed by atoms with E-state index in [0.29, 0.717) is 37.7 Å². The Morgan fingerprint density at radius 3 is 2.78 bits per heavy atom. The van der Waals surface area contributed by atoms with Crippen LogP contribution in [-0.2, 0) is 19.4 Å². The molecule has 0 unspecified atom stereocenters. The van der Waals surface area contributed by atoms with E-state index in [2.05, 4.69) is 29.1 Å². The Hall–Kier alpha value is -2.96. The van der Waals surface area contributed by atoms with Crippen LogP contribution in [0.2, 0.25) is 0 Å². The molecular weight excluding hydrogens is 342 g/mol. The van der Waals surface area contributed by atoms with Gasteiger partial charge in [-0.1, -0.05) is 49.3 Å². The van der Waals surface area contributed by atoms with Crippen LogP contribution in [-0.4, -0.2) is 43.8 Å². The molecule has 0 atom stereocenters. The first kappa shape index (κ1) is 17.5. The summed E-state index contributed by atoms with van der Waals surface area (Å²) in [7, 11) is 0. The number of nitrogens with zero attached hydrogens (tertiary/aromatic N) is 5. The lowest BCUT2D eigenvalue weighted by atomic mass is 10.1. The van der Waals surface area contributed by atoms with Gasteiger partial charge in [0.1, 0.15) is 11.6 Å². The zero-order chi connectivity index (χ0) is 18.8. The van der Waals surface area contributed by atoms with E-state index in [0.717, 1.165) is 29.4 Å². The van der Waals surface area contributed by atoms with Crippen LogP contribution >= 0.6 is 0 Å². The van der Waals surface area contributed by atoms with Crippen molar-refractivity contribution in [2.45, 2.75) is 33.2 Å². The summed E-state index contributed by atoms with van der Waals surface area (Å²) >= 11 is 0. The molecule has 0 bridgehead atoms. The highest BCUT2D eigenvalue weighted by molar-refractivity contribution is 5.92. The predicted molar refractivity (Wildman–Crippen MR) is 100 cm³/mol. The molecule has 3 heterocycles. The molecule has 1 aromatic carbocycles. The smallest absolute Gasteiger partial charge is 0.276 e. The largest absolute Gasteiger partial charge is 0.361 e. The molecule has 1 amide bonds. The molecule has 4 rings (SSSR count). The zero-order valence-corrected chi connectivity index (χ0v) is 15.6. The van der Waals surface area contributed by atoms with Gasteiger partial charge in [0.25, 0.3) is 5.91 Å². The van der Waals surface area contributed by atoms with Crippen LogP contribution in [0.1, 0.15) is 35.9 Å². The van der Waals surface area contributed by atoms with E-state index < -0.39 is 0 Å². The molecule has 2 aromatic heterocycles. The number of rotatable bonds is 4. The minimum atomic E-state index is -0.0946. The van der Waals surface area contributed by atoms with Crippen LogP contribution in [0.5, 0.6) is 0 Å². The highest BCUT2D eigenvalue weighted by Gasteiger charge is 2.24. The predicted octanol–water partition coefficient (Wildman–Crippen LogP) is 2.83. The Labute approximate surface area is 158 Å². The normalized spacial score (nSPS) is 14.3. The van der Waals surface area contributed by atoms with Crippen molar-refractivity contribution < 1.29 is 9.32 Å². The molecule has 0 fully saturated rings. The van der Waals surface area contributed by atoms with E-state index in [-0.39, 0.29) is 5.91 Å². The molecule has 27 heavy (non-hydrogen) atoms. The summed E-state index contributed by atoms with van der Waals surface area (Å²) in [5.41, 5.74) is 1.38. The molecule has 0 spiro atoms. The summed E-state index contributed by atoms with van der Waals surface area (Å²) in [5, 5.41) is 8.58. The number of benzene rings is 1. The number of hydrogen-bond donors (Lipinski definition) is 0. The van der Waals surface area contributed by atoms with Gasteiger partial charge in [0, 0.05) is 37.6 Å². The third kappa shape index (κ3) is 3.77. The quantitative estimate of drug-likeness (QED) is 0.710. The second-order valence-corrected chi connectivity index (χ2v) is 7.26. The molecule has 3 aromatic rings. The van der Waals surface area contributed by atoms with Crippen LogP contribution < -0.4 is 0 Å². The van der Waals surface area contributed by atoms with Crippen LogP contribution in [0, 0.1) is 5.92 Å². The zero-order valence-electron chi connectivity index (χ0n) is 15.6. The molecule has 0 aliphatic carbocycles. The van der Waals surface area contributed by atoms with Gasteiger partial charge in [-0.2, -0.15) is 5.10 Å². The van der Waals surface area contributed by atoms with Crippen molar-refractivity contribution in [3.05, 3.63) is 53.7 Å². The second kappa shape index (κ2) is 7.34. The third-order valence-corrected chi connectivity index (χ3v) is 4.64. The van der Waals surface area contributed by atoms with E-state index >= 15 is 0 Å². The summed E-state index contributed by atoms with van der Waals surface area (Å²) in [6.45, 7) is 6.01. The maximum atomic E-state index is 12.8. The fourth-order valence-corrected chi connectivity index (χ4v) is 3.29. The summed E-state index contributed by atoms with van der Waals surface area (Å²) in [4.78, 5) is 19.2. The minimum absolute atomic E-state index is 0.0946. The average molecular weight is 365 g/mol. The standard InChI is InChI=1S/C20H23N5O2/c1-14(2)12-16-13-17(23-27-16)20(26)24-9-8-18-21-19(22-25(18)11-10-24)15-6-4-3-5-7-15/h3-7,13-14H,8-12H2,1-2H3. The molecule has 0 radical (unpaired) electrons. The Morgan fingerprint density at radius 2 is 2.00 bits per heavy atom. The summed E-state index contributed by atoms with van der Waals surface area (Å²) in [6, 6.07) is 11.7. The topological polar surface area (TPSA) is 77.1 Å². The maximum Gasteiger partial charge on any atom is 0.276 e. The van der Waals surface area contributed by atoms with Crippen LogP contribution in [0.4, 0.5) is 0 Å². The Morgan fingerprint density at radius 1 is 1.19 bits per heavy atom. The van der Waals surface area contributed by atoms with Crippen molar-refractivity contribution in [2.24, 2.45) is 5.92 Å². The molecule has 7 nitrogen and oxygen atoms in total. The molecule has 140 valence electrons. The number of aromatic nitrogens is 4. The highest BCUT2D eigenvalue weighted by Crippen LogP contribution is 2.18. The number of fused-ring (bicyclic) bond motifs is 1. The number of hydrogen-bond acceptors (Lipinski definition) is 5. The first-order valence-corrected chi connectivity index (χ1v) is 9.34. The number of carbonyl (C=O) groups is 1. The molecule has 0 N–H and O–H groups in total.